The van der Waals surface area contributed by atoms with Gasteiger partial charge in [-0.1, -0.05) is 32.0 Å². The molecular weight excluding hydrogens is 300 g/mol. The van der Waals surface area contributed by atoms with Crippen LogP contribution in [0, 0.1) is 0 Å². The van der Waals surface area contributed by atoms with Crippen molar-refractivity contribution in [2.75, 3.05) is 18.4 Å². The summed E-state index contributed by atoms with van der Waals surface area (Å²) in [6.07, 6.45) is 5.67. The summed E-state index contributed by atoms with van der Waals surface area (Å²) in [5.41, 5.74) is 3.98. The Labute approximate surface area is 143 Å². The zero-order chi connectivity index (χ0) is 16.9. The van der Waals surface area contributed by atoms with E-state index >= 15 is 0 Å². The van der Waals surface area contributed by atoms with Crippen molar-refractivity contribution in [1.82, 2.24) is 14.9 Å². The van der Waals surface area contributed by atoms with Crippen LogP contribution >= 0.6 is 0 Å². The molecule has 24 heavy (non-hydrogen) atoms. The van der Waals surface area contributed by atoms with Gasteiger partial charge in [-0.3, -0.25) is 4.79 Å². The lowest BCUT2D eigenvalue weighted by Crippen LogP contribution is -2.28. The summed E-state index contributed by atoms with van der Waals surface area (Å²) in [5.74, 6) is 0.480. The van der Waals surface area contributed by atoms with Crippen LogP contribution < -0.4 is 5.32 Å². The maximum atomic E-state index is 12.5. The monoisotopic (exact) mass is 324 g/mol. The fourth-order valence-electron chi connectivity index (χ4n) is 3.14. The van der Waals surface area contributed by atoms with Gasteiger partial charge in [0.15, 0.2) is 0 Å². The number of likely N-dealkylation sites (tertiary alicyclic amines) is 1. The van der Waals surface area contributed by atoms with E-state index in [-0.39, 0.29) is 5.91 Å². The van der Waals surface area contributed by atoms with E-state index in [4.69, 9.17) is 0 Å². The quantitative estimate of drug-likeness (QED) is 0.913. The van der Waals surface area contributed by atoms with Crippen LogP contribution in [0.1, 0.15) is 48.3 Å². The van der Waals surface area contributed by atoms with Gasteiger partial charge in [-0.2, -0.15) is 0 Å². The molecule has 1 N–H and O–H groups in total. The number of anilines is 2. The van der Waals surface area contributed by atoms with E-state index in [0.717, 1.165) is 44.5 Å². The summed E-state index contributed by atoms with van der Waals surface area (Å²) in [7, 11) is 0. The average molecular weight is 324 g/mol. The molecule has 0 bridgehead atoms. The first kappa shape index (κ1) is 16.4. The molecule has 1 aromatic heterocycles. The van der Waals surface area contributed by atoms with Gasteiger partial charge < -0.3 is 10.2 Å². The Morgan fingerprint density at radius 1 is 1.12 bits per heavy atom. The molecule has 0 radical (unpaired) electrons. The van der Waals surface area contributed by atoms with Crippen molar-refractivity contribution in [3.8, 4) is 0 Å². The van der Waals surface area contributed by atoms with E-state index in [1.54, 1.807) is 12.3 Å². The summed E-state index contributed by atoms with van der Waals surface area (Å²) in [6.45, 7) is 5.91. The molecule has 1 aliphatic heterocycles. The number of carbonyl (C=O) groups is 1. The summed E-state index contributed by atoms with van der Waals surface area (Å²) >= 11 is 0. The lowest BCUT2D eigenvalue weighted by atomic mass is 10.0. The molecule has 126 valence electrons. The number of nitrogens with zero attached hydrogens (tertiary/aromatic N) is 3. The fourth-order valence-corrected chi connectivity index (χ4v) is 3.14. The summed E-state index contributed by atoms with van der Waals surface area (Å²) in [4.78, 5) is 23.1. The molecule has 1 aromatic carbocycles. The van der Waals surface area contributed by atoms with Crippen LogP contribution in [0.4, 0.5) is 11.6 Å². The molecular formula is C19H24N4O. The molecule has 0 spiro atoms. The summed E-state index contributed by atoms with van der Waals surface area (Å²) in [6, 6.07) is 8.00. The largest absolute Gasteiger partial charge is 0.337 e. The van der Waals surface area contributed by atoms with Crippen LogP contribution in [-0.2, 0) is 12.8 Å². The van der Waals surface area contributed by atoms with E-state index in [1.165, 1.54) is 11.1 Å². The van der Waals surface area contributed by atoms with E-state index < -0.39 is 0 Å². The van der Waals surface area contributed by atoms with Crippen LogP contribution in [-0.4, -0.2) is 33.9 Å². The number of benzene rings is 1. The molecule has 1 fully saturated rings. The molecule has 2 heterocycles. The highest BCUT2D eigenvalue weighted by Crippen LogP contribution is 2.25. The van der Waals surface area contributed by atoms with Crippen molar-refractivity contribution in [2.45, 2.75) is 39.5 Å². The second-order valence-corrected chi connectivity index (χ2v) is 6.05. The predicted octanol–water partition coefficient (Wildman–Crippen LogP) is 3.58. The van der Waals surface area contributed by atoms with Gasteiger partial charge in [-0.05, 0) is 42.9 Å². The maximum absolute atomic E-state index is 12.5. The predicted molar refractivity (Wildman–Crippen MR) is 95.7 cm³/mol. The first-order valence-corrected chi connectivity index (χ1v) is 8.73. The highest BCUT2D eigenvalue weighted by molar-refractivity contribution is 5.92. The molecule has 5 heteroatoms. The Bertz CT molecular complexity index is 701. The second-order valence-electron chi connectivity index (χ2n) is 6.05. The molecule has 1 saturated heterocycles. The van der Waals surface area contributed by atoms with Gasteiger partial charge in [0.05, 0.1) is 0 Å². The topological polar surface area (TPSA) is 58.1 Å². The van der Waals surface area contributed by atoms with Crippen molar-refractivity contribution in [3.63, 3.8) is 0 Å². The Hall–Kier alpha value is -2.43. The summed E-state index contributed by atoms with van der Waals surface area (Å²) in [5, 5.41) is 3.34. The van der Waals surface area contributed by atoms with Crippen LogP contribution in [0.5, 0.6) is 0 Å². The van der Waals surface area contributed by atoms with Gasteiger partial charge in [-0.25, -0.2) is 9.97 Å². The van der Waals surface area contributed by atoms with Crippen molar-refractivity contribution in [3.05, 3.63) is 47.3 Å². The van der Waals surface area contributed by atoms with E-state index in [0.29, 0.717) is 11.6 Å². The van der Waals surface area contributed by atoms with Gasteiger partial charge in [0.1, 0.15) is 5.69 Å². The van der Waals surface area contributed by atoms with Crippen molar-refractivity contribution >= 4 is 17.5 Å². The number of hydrogen-bond acceptors (Lipinski definition) is 4. The molecule has 5 nitrogen and oxygen atoms in total. The van der Waals surface area contributed by atoms with Gasteiger partial charge in [-0.15, -0.1) is 0 Å². The third kappa shape index (κ3) is 3.40. The number of carbonyl (C=O) groups excluding carboxylic acids is 1. The molecule has 0 atom stereocenters. The smallest absolute Gasteiger partial charge is 0.272 e. The van der Waals surface area contributed by atoms with Crippen LogP contribution in [0.15, 0.2) is 30.5 Å². The van der Waals surface area contributed by atoms with Gasteiger partial charge >= 0.3 is 0 Å². The summed E-state index contributed by atoms with van der Waals surface area (Å²) < 4.78 is 0. The zero-order valence-electron chi connectivity index (χ0n) is 14.4. The Morgan fingerprint density at radius 3 is 2.42 bits per heavy atom. The maximum Gasteiger partial charge on any atom is 0.272 e. The number of aryl methyl sites for hydroxylation is 2. The van der Waals surface area contributed by atoms with Crippen molar-refractivity contribution in [2.24, 2.45) is 0 Å². The fraction of sp³-hybridized carbons (Fsp3) is 0.421. The number of para-hydroxylation sites is 1. The number of rotatable bonds is 5. The minimum Gasteiger partial charge on any atom is -0.337 e. The minimum atomic E-state index is -0.00237. The van der Waals surface area contributed by atoms with E-state index in [2.05, 4.69) is 47.3 Å². The second kappa shape index (κ2) is 7.43. The zero-order valence-corrected chi connectivity index (χ0v) is 14.4. The molecule has 1 amide bonds. The molecule has 2 aromatic rings. The number of hydrogen-bond donors (Lipinski definition) is 1. The van der Waals surface area contributed by atoms with Crippen LogP contribution in [0.2, 0.25) is 0 Å². The SMILES string of the molecule is CCc1cccc(CC)c1Nc1nccc(C(=O)N2CCCC2)n1. The van der Waals surface area contributed by atoms with Crippen LogP contribution in [0.3, 0.4) is 0 Å². The third-order valence-corrected chi connectivity index (χ3v) is 4.50. The molecule has 0 aliphatic carbocycles. The van der Waals surface area contributed by atoms with Gasteiger partial charge in [0, 0.05) is 25.0 Å². The minimum absolute atomic E-state index is 0.00237. The highest BCUT2D eigenvalue weighted by atomic mass is 16.2. The Balaban J connectivity index is 1.86. The molecule has 0 saturated carbocycles. The van der Waals surface area contributed by atoms with Crippen LogP contribution in [0.25, 0.3) is 0 Å². The third-order valence-electron chi connectivity index (χ3n) is 4.50. The molecule has 3 rings (SSSR count). The normalized spacial score (nSPS) is 14.0. The van der Waals surface area contributed by atoms with Crippen molar-refractivity contribution < 1.29 is 4.79 Å². The number of amides is 1. The number of nitrogens with one attached hydrogen (secondary N) is 1. The first-order chi connectivity index (χ1) is 11.7. The highest BCUT2D eigenvalue weighted by Gasteiger charge is 2.21. The Kier molecular flexibility index (Phi) is 5.08. The molecule has 1 aliphatic rings. The van der Waals surface area contributed by atoms with Gasteiger partial charge in [0.2, 0.25) is 5.95 Å². The number of aromatic nitrogens is 2. The van der Waals surface area contributed by atoms with Crippen molar-refractivity contribution in [1.29, 1.82) is 0 Å². The van der Waals surface area contributed by atoms with E-state index in [9.17, 15) is 4.79 Å². The Morgan fingerprint density at radius 2 is 1.79 bits per heavy atom. The lowest BCUT2D eigenvalue weighted by Gasteiger charge is -2.16. The standard InChI is InChI=1S/C19H24N4O/c1-3-14-8-7-9-15(4-2)17(14)22-19-20-11-10-16(21-19)18(24)23-12-5-6-13-23/h7-11H,3-6,12-13H2,1-2H3,(H,20,21,22). The molecule has 0 unspecified atom stereocenters. The average Bonchev–Trinajstić information content (AvgIpc) is 3.16. The lowest BCUT2D eigenvalue weighted by molar-refractivity contribution is 0.0787. The first-order valence-electron chi connectivity index (χ1n) is 8.73. The van der Waals surface area contributed by atoms with Gasteiger partial charge in [0.25, 0.3) is 5.91 Å². The van der Waals surface area contributed by atoms with E-state index in [1.807, 2.05) is 4.90 Å².